The van der Waals surface area contributed by atoms with E-state index in [0.717, 1.165) is 27.7 Å². The van der Waals surface area contributed by atoms with Crippen LogP contribution in [0.2, 0.25) is 0 Å². The number of rotatable bonds is 1. The van der Waals surface area contributed by atoms with Crippen molar-refractivity contribution in [2.45, 2.75) is 6.92 Å². The zero-order valence-corrected chi connectivity index (χ0v) is 10.5. The van der Waals surface area contributed by atoms with Gasteiger partial charge in [0.1, 0.15) is 0 Å². The lowest BCUT2D eigenvalue weighted by molar-refractivity contribution is 0.174. The van der Waals surface area contributed by atoms with Crippen molar-refractivity contribution in [1.82, 2.24) is 9.38 Å². The van der Waals surface area contributed by atoms with Gasteiger partial charge in [0.2, 0.25) is 6.79 Å². The summed E-state index contributed by atoms with van der Waals surface area (Å²) >= 11 is 1.65. The van der Waals surface area contributed by atoms with Crippen molar-refractivity contribution < 1.29 is 9.47 Å². The summed E-state index contributed by atoms with van der Waals surface area (Å²) in [7, 11) is 0. The van der Waals surface area contributed by atoms with E-state index in [-0.39, 0.29) is 0 Å². The molecule has 0 bridgehead atoms. The molecule has 0 unspecified atom stereocenters. The van der Waals surface area contributed by atoms with E-state index in [1.165, 1.54) is 5.69 Å². The molecule has 4 rings (SSSR count). The molecule has 0 spiro atoms. The summed E-state index contributed by atoms with van der Waals surface area (Å²) in [4.78, 5) is 5.63. The Morgan fingerprint density at radius 3 is 3.06 bits per heavy atom. The molecule has 5 heteroatoms. The number of thiazole rings is 1. The highest BCUT2D eigenvalue weighted by molar-refractivity contribution is 7.15. The molecule has 3 aromatic rings. The van der Waals surface area contributed by atoms with Gasteiger partial charge in [0.05, 0.1) is 5.69 Å². The Balaban J connectivity index is 1.86. The fraction of sp³-hybridized carbons (Fsp3) is 0.154. The lowest BCUT2D eigenvalue weighted by atomic mass is 10.1. The summed E-state index contributed by atoms with van der Waals surface area (Å²) in [6, 6.07) is 5.91. The van der Waals surface area contributed by atoms with Gasteiger partial charge in [0.15, 0.2) is 16.5 Å². The van der Waals surface area contributed by atoms with Crippen molar-refractivity contribution in [2.24, 2.45) is 0 Å². The lowest BCUT2D eigenvalue weighted by Crippen LogP contribution is -1.92. The predicted octanol–water partition coefficient (Wildman–Crippen LogP) is 3.10. The van der Waals surface area contributed by atoms with Crippen molar-refractivity contribution in [3.05, 3.63) is 35.5 Å². The molecule has 0 saturated heterocycles. The van der Waals surface area contributed by atoms with E-state index >= 15 is 0 Å². The summed E-state index contributed by atoms with van der Waals surface area (Å²) in [6.45, 7) is 2.38. The fourth-order valence-electron chi connectivity index (χ4n) is 2.09. The van der Waals surface area contributed by atoms with Crippen LogP contribution in [0.4, 0.5) is 0 Å². The first-order chi connectivity index (χ1) is 8.81. The Labute approximate surface area is 107 Å². The molecule has 90 valence electrons. The lowest BCUT2D eigenvalue weighted by Gasteiger charge is -1.99. The van der Waals surface area contributed by atoms with Gasteiger partial charge in [0, 0.05) is 22.8 Å². The smallest absolute Gasteiger partial charge is 0.231 e. The van der Waals surface area contributed by atoms with Gasteiger partial charge in [-0.1, -0.05) is 0 Å². The summed E-state index contributed by atoms with van der Waals surface area (Å²) in [5, 5.41) is 2.10. The number of hydrogen-bond donors (Lipinski definition) is 0. The number of hydrogen-bond acceptors (Lipinski definition) is 4. The highest BCUT2D eigenvalue weighted by Gasteiger charge is 2.15. The van der Waals surface area contributed by atoms with Crippen LogP contribution in [0.25, 0.3) is 16.2 Å². The fourth-order valence-corrected chi connectivity index (χ4v) is 2.94. The first kappa shape index (κ1) is 9.96. The average Bonchev–Trinajstić information content (AvgIpc) is 3.05. The van der Waals surface area contributed by atoms with Crippen LogP contribution in [0.1, 0.15) is 5.69 Å². The van der Waals surface area contributed by atoms with E-state index in [1.807, 2.05) is 18.2 Å². The Bertz CT molecular complexity index is 745. The minimum absolute atomic E-state index is 0.302. The number of aryl methyl sites for hydroxylation is 1. The van der Waals surface area contributed by atoms with Crippen LogP contribution in [0.3, 0.4) is 0 Å². The highest BCUT2D eigenvalue weighted by atomic mass is 32.1. The van der Waals surface area contributed by atoms with Gasteiger partial charge in [-0.15, -0.1) is 11.3 Å². The number of nitrogens with zero attached hydrogens (tertiary/aromatic N) is 2. The van der Waals surface area contributed by atoms with Crippen LogP contribution < -0.4 is 9.47 Å². The molecule has 1 aromatic carbocycles. The Morgan fingerprint density at radius 1 is 1.28 bits per heavy atom. The van der Waals surface area contributed by atoms with Crippen LogP contribution >= 0.6 is 11.3 Å². The Morgan fingerprint density at radius 2 is 2.17 bits per heavy atom. The molecular weight excluding hydrogens is 248 g/mol. The third kappa shape index (κ3) is 1.34. The normalized spacial score (nSPS) is 13.4. The number of ether oxygens (including phenoxy) is 2. The van der Waals surface area contributed by atoms with Crippen LogP contribution in [-0.4, -0.2) is 16.2 Å². The van der Waals surface area contributed by atoms with E-state index in [2.05, 4.69) is 27.9 Å². The maximum Gasteiger partial charge on any atom is 0.231 e. The van der Waals surface area contributed by atoms with Gasteiger partial charge in [-0.2, -0.15) is 0 Å². The molecule has 2 aromatic heterocycles. The molecule has 0 aliphatic carbocycles. The Kier molecular flexibility index (Phi) is 1.93. The summed E-state index contributed by atoms with van der Waals surface area (Å²) in [5.41, 5.74) is 3.22. The standard InChI is InChI=1S/C13H10N2O2S/c1-8-6-18-13-14-10(5-15(8)13)9-2-3-11-12(4-9)17-7-16-11/h2-6H,7H2,1H3. The van der Waals surface area contributed by atoms with Gasteiger partial charge >= 0.3 is 0 Å². The second-order valence-corrected chi connectivity index (χ2v) is 5.06. The van der Waals surface area contributed by atoms with Crippen LogP contribution in [-0.2, 0) is 0 Å². The SMILES string of the molecule is Cc1csc2nc(-c3ccc4c(c3)OCO4)cn12. The molecule has 1 aliphatic heterocycles. The van der Waals surface area contributed by atoms with Crippen molar-refractivity contribution in [2.75, 3.05) is 6.79 Å². The first-order valence-electron chi connectivity index (χ1n) is 5.64. The molecular formula is C13H10N2O2S. The molecule has 0 atom stereocenters. The molecule has 0 saturated carbocycles. The average molecular weight is 258 g/mol. The maximum atomic E-state index is 5.39. The van der Waals surface area contributed by atoms with Crippen LogP contribution in [0, 0.1) is 6.92 Å². The number of aromatic nitrogens is 2. The summed E-state index contributed by atoms with van der Waals surface area (Å²) < 4.78 is 12.8. The van der Waals surface area contributed by atoms with Crippen molar-refractivity contribution >= 4 is 16.3 Å². The summed E-state index contributed by atoms with van der Waals surface area (Å²) in [6.07, 6.45) is 2.05. The monoisotopic (exact) mass is 258 g/mol. The second kappa shape index (κ2) is 3.49. The van der Waals surface area contributed by atoms with E-state index in [0.29, 0.717) is 6.79 Å². The first-order valence-corrected chi connectivity index (χ1v) is 6.52. The number of fused-ring (bicyclic) bond motifs is 2. The Hall–Kier alpha value is -2.01. The van der Waals surface area contributed by atoms with Crippen LogP contribution in [0.15, 0.2) is 29.8 Å². The molecule has 4 nitrogen and oxygen atoms in total. The van der Waals surface area contributed by atoms with Gasteiger partial charge in [-0.3, -0.25) is 4.40 Å². The zero-order valence-electron chi connectivity index (χ0n) is 9.71. The van der Waals surface area contributed by atoms with Gasteiger partial charge in [-0.05, 0) is 25.1 Å². The molecule has 1 aliphatic rings. The molecule has 18 heavy (non-hydrogen) atoms. The van der Waals surface area contributed by atoms with E-state index < -0.39 is 0 Å². The van der Waals surface area contributed by atoms with Gasteiger partial charge in [-0.25, -0.2) is 4.98 Å². The molecule has 0 amide bonds. The summed E-state index contributed by atoms with van der Waals surface area (Å²) in [5.74, 6) is 1.59. The number of benzene rings is 1. The highest BCUT2D eigenvalue weighted by Crippen LogP contribution is 2.36. The minimum Gasteiger partial charge on any atom is -0.454 e. The molecule has 0 radical (unpaired) electrons. The van der Waals surface area contributed by atoms with E-state index in [1.54, 1.807) is 11.3 Å². The molecule has 0 N–H and O–H groups in total. The second-order valence-electron chi connectivity index (χ2n) is 4.22. The zero-order chi connectivity index (χ0) is 12.1. The quantitative estimate of drug-likeness (QED) is 0.673. The third-order valence-corrected chi connectivity index (χ3v) is 4.01. The van der Waals surface area contributed by atoms with Crippen molar-refractivity contribution in [3.63, 3.8) is 0 Å². The predicted molar refractivity (Wildman–Crippen MR) is 69.4 cm³/mol. The van der Waals surface area contributed by atoms with Gasteiger partial charge in [0.25, 0.3) is 0 Å². The van der Waals surface area contributed by atoms with E-state index in [4.69, 9.17) is 9.47 Å². The van der Waals surface area contributed by atoms with Crippen molar-refractivity contribution in [1.29, 1.82) is 0 Å². The third-order valence-electron chi connectivity index (χ3n) is 3.06. The molecule has 3 heterocycles. The van der Waals surface area contributed by atoms with Crippen LogP contribution in [0.5, 0.6) is 11.5 Å². The van der Waals surface area contributed by atoms with Crippen molar-refractivity contribution in [3.8, 4) is 22.8 Å². The number of imidazole rings is 1. The molecule has 0 fully saturated rings. The van der Waals surface area contributed by atoms with E-state index in [9.17, 15) is 0 Å². The largest absolute Gasteiger partial charge is 0.454 e. The maximum absolute atomic E-state index is 5.39. The van der Waals surface area contributed by atoms with Gasteiger partial charge < -0.3 is 9.47 Å². The topological polar surface area (TPSA) is 35.8 Å². The minimum atomic E-state index is 0.302.